The standard InChI is InChI=1S/C26H38FNO2/c1-2-3-4-5-6-7-8-22-9-11-23(12-10-22)17-18-26(20-29,21-30)28-19-24-13-15-25(27)16-14-24/h9-16,28-30H,2-8,17-21H2,1H3. The number of nitrogens with one attached hydrogen (secondary N) is 1. The van der Waals surface area contributed by atoms with Gasteiger partial charge in [-0.05, 0) is 54.5 Å². The minimum absolute atomic E-state index is 0.152. The average molecular weight is 416 g/mol. The number of halogens is 1. The molecule has 0 aromatic heterocycles. The third-order valence-electron chi connectivity index (χ3n) is 5.92. The van der Waals surface area contributed by atoms with Gasteiger partial charge in [-0.3, -0.25) is 0 Å². The van der Waals surface area contributed by atoms with Gasteiger partial charge in [0.25, 0.3) is 0 Å². The molecular weight excluding hydrogens is 377 g/mol. The topological polar surface area (TPSA) is 52.5 Å². The fourth-order valence-electron chi connectivity index (χ4n) is 3.67. The Morgan fingerprint density at radius 2 is 1.27 bits per heavy atom. The number of unbranched alkanes of at least 4 members (excludes halogenated alkanes) is 5. The van der Waals surface area contributed by atoms with E-state index in [4.69, 9.17) is 0 Å². The van der Waals surface area contributed by atoms with Gasteiger partial charge in [0.1, 0.15) is 5.82 Å². The van der Waals surface area contributed by atoms with Crippen LogP contribution in [0.3, 0.4) is 0 Å². The van der Waals surface area contributed by atoms with Crippen LogP contribution >= 0.6 is 0 Å². The lowest BCUT2D eigenvalue weighted by Crippen LogP contribution is -2.51. The highest BCUT2D eigenvalue weighted by Crippen LogP contribution is 2.17. The Morgan fingerprint density at radius 3 is 1.87 bits per heavy atom. The van der Waals surface area contributed by atoms with Gasteiger partial charge in [-0.1, -0.05) is 75.4 Å². The molecule has 0 bridgehead atoms. The fraction of sp³-hybridized carbons (Fsp3) is 0.538. The highest BCUT2D eigenvalue weighted by Gasteiger charge is 2.27. The maximum Gasteiger partial charge on any atom is 0.123 e. The molecule has 0 unspecified atom stereocenters. The van der Waals surface area contributed by atoms with Crippen LogP contribution in [0.2, 0.25) is 0 Å². The summed E-state index contributed by atoms with van der Waals surface area (Å²) >= 11 is 0. The summed E-state index contributed by atoms with van der Waals surface area (Å²) in [6.07, 6.45) is 10.4. The lowest BCUT2D eigenvalue weighted by atomic mass is 9.91. The lowest BCUT2D eigenvalue weighted by Gasteiger charge is -2.31. The van der Waals surface area contributed by atoms with Crippen molar-refractivity contribution in [3.05, 3.63) is 71.0 Å². The van der Waals surface area contributed by atoms with Crippen molar-refractivity contribution >= 4 is 0 Å². The Morgan fingerprint density at radius 1 is 0.733 bits per heavy atom. The van der Waals surface area contributed by atoms with Crippen LogP contribution in [-0.2, 0) is 19.4 Å². The largest absolute Gasteiger partial charge is 0.394 e. The van der Waals surface area contributed by atoms with E-state index in [0.29, 0.717) is 13.0 Å². The first-order chi connectivity index (χ1) is 14.6. The zero-order valence-corrected chi connectivity index (χ0v) is 18.4. The van der Waals surface area contributed by atoms with E-state index in [2.05, 4.69) is 36.5 Å². The first-order valence-electron chi connectivity index (χ1n) is 11.4. The summed E-state index contributed by atoms with van der Waals surface area (Å²) in [4.78, 5) is 0. The number of aryl methyl sites for hydroxylation is 2. The molecule has 166 valence electrons. The van der Waals surface area contributed by atoms with Crippen LogP contribution in [0.15, 0.2) is 48.5 Å². The third-order valence-corrected chi connectivity index (χ3v) is 5.92. The molecule has 0 spiro atoms. The molecule has 4 heteroatoms. The minimum atomic E-state index is -0.758. The van der Waals surface area contributed by atoms with E-state index in [1.54, 1.807) is 12.1 Å². The molecular formula is C26H38FNO2. The average Bonchev–Trinajstić information content (AvgIpc) is 2.79. The van der Waals surface area contributed by atoms with Gasteiger partial charge < -0.3 is 15.5 Å². The van der Waals surface area contributed by atoms with E-state index in [-0.39, 0.29) is 19.0 Å². The SMILES string of the molecule is CCCCCCCCc1ccc(CCC(CO)(CO)NCc2ccc(F)cc2)cc1. The van der Waals surface area contributed by atoms with E-state index >= 15 is 0 Å². The van der Waals surface area contributed by atoms with Crippen molar-refractivity contribution in [2.45, 2.75) is 76.8 Å². The molecule has 0 aliphatic rings. The van der Waals surface area contributed by atoms with Gasteiger partial charge in [0.05, 0.1) is 18.8 Å². The minimum Gasteiger partial charge on any atom is -0.394 e. The Bertz CT molecular complexity index is 696. The van der Waals surface area contributed by atoms with Crippen LogP contribution in [0.4, 0.5) is 4.39 Å². The van der Waals surface area contributed by atoms with Crippen molar-refractivity contribution in [3.8, 4) is 0 Å². The zero-order valence-electron chi connectivity index (χ0n) is 18.4. The van der Waals surface area contributed by atoms with Crippen LogP contribution in [0, 0.1) is 5.82 Å². The Kier molecular flexibility index (Phi) is 11.1. The normalized spacial score (nSPS) is 11.7. The van der Waals surface area contributed by atoms with Crippen LogP contribution in [0.5, 0.6) is 0 Å². The van der Waals surface area contributed by atoms with Crippen molar-refractivity contribution in [1.82, 2.24) is 5.32 Å². The van der Waals surface area contributed by atoms with Crippen LogP contribution in [0.1, 0.15) is 68.6 Å². The molecule has 30 heavy (non-hydrogen) atoms. The Balaban J connectivity index is 1.79. The molecule has 2 aromatic rings. The summed E-state index contributed by atoms with van der Waals surface area (Å²) in [5.74, 6) is -0.269. The quantitative estimate of drug-likeness (QED) is 0.352. The van der Waals surface area contributed by atoms with Gasteiger partial charge >= 0.3 is 0 Å². The number of aliphatic hydroxyl groups excluding tert-OH is 2. The molecule has 0 saturated heterocycles. The molecule has 0 heterocycles. The first kappa shape index (κ1) is 24.5. The number of hydrogen-bond acceptors (Lipinski definition) is 3. The van der Waals surface area contributed by atoms with Crippen molar-refractivity contribution in [2.24, 2.45) is 0 Å². The van der Waals surface area contributed by atoms with Gasteiger partial charge in [-0.25, -0.2) is 4.39 Å². The van der Waals surface area contributed by atoms with Crippen molar-refractivity contribution in [2.75, 3.05) is 13.2 Å². The van der Waals surface area contributed by atoms with E-state index in [9.17, 15) is 14.6 Å². The highest BCUT2D eigenvalue weighted by atomic mass is 19.1. The molecule has 0 saturated carbocycles. The van der Waals surface area contributed by atoms with Gasteiger partial charge in [0, 0.05) is 6.54 Å². The molecule has 0 amide bonds. The Hall–Kier alpha value is -1.75. The molecule has 3 N–H and O–H groups in total. The van der Waals surface area contributed by atoms with Gasteiger partial charge in [0.2, 0.25) is 0 Å². The monoisotopic (exact) mass is 415 g/mol. The molecule has 0 fully saturated rings. The number of rotatable bonds is 15. The van der Waals surface area contributed by atoms with Crippen molar-refractivity contribution in [3.63, 3.8) is 0 Å². The van der Waals surface area contributed by atoms with E-state index in [0.717, 1.165) is 18.4 Å². The summed E-state index contributed by atoms with van der Waals surface area (Å²) in [5.41, 5.74) is 2.74. The molecule has 2 rings (SSSR count). The number of benzene rings is 2. The highest BCUT2D eigenvalue weighted by molar-refractivity contribution is 5.23. The molecule has 2 aromatic carbocycles. The summed E-state index contributed by atoms with van der Waals surface area (Å²) in [5, 5.41) is 23.1. The number of hydrogen-bond donors (Lipinski definition) is 3. The fourth-order valence-corrected chi connectivity index (χ4v) is 3.67. The van der Waals surface area contributed by atoms with Crippen molar-refractivity contribution in [1.29, 1.82) is 0 Å². The molecule has 0 atom stereocenters. The third kappa shape index (κ3) is 8.55. The van der Waals surface area contributed by atoms with Crippen molar-refractivity contribution < 1.29 is 14.6 Å². The maximum absolute atomic E-state index is 13.1. The predicted molar refractivity (Wildman–Crippen MR) is 122 cm³/mol. The molecule has 0 aliphatic heterocycles. The second kappa shape index (κ2) is 13.5. The van der Waals surface area contributed by atoms with E-state index < -0.39 is 5.54 Å². The smallest absolute Gasteiger partial charge is 0.123 e. The Labute approximate surface area is 181 Å². The second-order valence-electron chi connectivity index (χ2n) is 8.41. The molecule has 3 nitrogen and oxygen atoms in total. The van der Waals surface area contributed by atoms with E-state index in [1.807, 2.05) is 0 Å². The first-order valence-corrected chi connectivity index (χ1v) is 11.4. The summed E-state index contributed by atoms with van der Waals surface area (Å²) in [7, 11) is 0. The zero-order chi connectivity index (χ0) is 21.7. The van der Waals surface area contributed by atoms with Gasteiger partial charge in [0.15, 0.2) is 0 Å². The second-order valence-corrected chi connectivity index (χ2v) is 8.41. The van der Waals surface area contributed by atoms with Crippen LogP contribution in [0.25, 0.3) is 0 Å². The lowest BCUT2D eigenvalue weighted by molar-refractivity contribution is 0.0828. The maximum atomic E-state index is 13.1. The summed E-state index contributed by atoms with van der Waals surface area (Å²) in [6, 6.07) is 15.0. The predicted octanol–water partition coefficient (Wildman–Crippen LogP) is 5.17. The summed E-state index contributed by atoms with van der Waals surface area (Å²) in [6.45, 7) is 2.41. The van der Waals surface area contributed by atoms with E-state index in [1.165, 1.54) is 61.8 Å². The molecule has 0 aliphatic carbocycles. The summed E-state index contributed by atoms with van der Waals surface area (Å²) < 4.78 is 13.1. The van der Waals surface area contributed by atoms with Crippen LogP contribution in [-0.4, -0.2) is 29.0 Å². The number of aliphatic hydroxyl groups is 2. The molecule has 0 radical (unpaired) electrons. The van der Waals surface area contributed by atoms with Crippen LogP contribution < -0.4 is 5.32 Å². The van der Waals surface area contributed by atoms with Gasteiger partial charge in [-0.2, -0.15) is 0 Å². The van der Waals surface area contributed by atoms with Gasteiger partial charge in [-0.15, -0.1) is 0 Å².